The quantitative estimate of drug-likeness (QED) is 0.844. The van der Waals surface area contributed by atoms with Crippen LogP contribution in [0.5, 0.6) is 0 Å². The van der Waals surface area contributed by atoms with Gasteiger partial charge in [0.2, 0.25) is 0 Å². The molecule has 1 saturated carbocycles. The molecule has 2 nitrogen and oxygen atoms in total. The summed E-state index contributed by atoms with van der Waals surface area (Å²) in [7, 11) is 0. The molecule has 3 rings (SSSR count). The number of rotatable bonds is 4. The molecule has 84 valence electrons. The standard InChI is InChI=1S/C14H17NO/c1-2-15-14(10-7-8-10)13-9-11-5-3-4-6-12(11)16-13/h3-6,9-10,14-15H,2,7-8H2,1H3. The largest absolute Gasteiger partial charge is 0.459 e. The molecule has 0 bridgehead atoms. The third kappa shape index (κ3) is 1.74. The van der Waals surface area contributed by atoms with E-state index in [4.69, 9.17) is 4.42 Å². The van der Waals surface area contributed by atoms with E-state index in [2.05, 4.69) is 30.4 Å². The molecule has 2 heteroatoms. The second-order valence-electron chi connectivity index (χ2n) is 4.56. The Balaban J connectivity index is 1.96. The predicted molar refractivity (Wildman–Crippen MR) is 65.4 cm³/mol. The average Bonchev–Trinajstić information content (AvgIpc) is 3.04. The molecule has 1 aliphatic rings. The van der Waals surface area contributed by atoms with Crippen molar-refractivity contribution < 1.29 is 4.42 Å². The Morgan fingerprint density at radius 2 is 2.19 bits per heavy atom. The smallest absolute Gasteiger partial charge is 0.134 e. The summed E-state index contributed by atoms with van der Waals surface area (Å²) in [5, 5.41) is 4.74. The summed E-state index contributed by atoms with van der Waals surface area (Å²) in [5.41, 5.74) is 1.00. The third-order valence-corrected chi connectivity index (χ3v) is 3.27. The molecular formula is C14H17NO. The minimum Gasteiger partial charge on any atom is -0.459 e. The van der Waals surface area contributed by atoms with E-state index in [9.17, 15) is 0 Å². The van der Waals surface area contributed by atoms with Crippen molar-refractivity contribution in [3.05, 3.63) is 36.1 Å². The van der Waals surface area contributed by atoms with Crippen molar-refractivity contribution in [1.82, 2.24) is 5.32 Å². The van der Waals surface area contributed by atoms with Crippen LogP contribution in [-0.4, -0.2) is 6.54 Å². The van der Waals surface area contributed by atoms with E-state index in [0.29, 0.717) is 6.04 Å². The van der Waals surface area contributed by atoms with Crippen LogP contribution < -0.4 is 5.32 Å². The van der Waals surface area contributed by atoms with Crippen LogP contribution in [-0.2, 0) is 0 Å². The lowest BCUT2D eigenvalue weighted by Crippen LogP contribution is -2.21. The van der Waals surface area contributed by atoms with Crippen LogP contribution in [0.4, 0.5) is 0 Å². The van der Waals surface area contributed by atoms with Gasteiger partial charge < -0.3 is 9.73 Å². The molecule has 0 radical (unpaired) electrons. The summed E-state index contributed by atoms with van der Waals surface area (Å²) in [6.07, 6.45) is 2.66. The maximum atomic E-state index is 5.92. The van der Waals surface area contributed by atoms with Gasteiger partial charge in [0.15, 0.2) is 0 Å². The van der Waals surface area contributed by atoms with E-state index >= 15 is 0 Å². The van der Waals surface area contributed by atoms with Crippen molar-refractivity contribution in [2.24, 2.45) is 5.92 Å². The molecule has 0 aliphatic heterocycles. The number of benzene rings is 1. The van der Waals surface area contributed by atoms with Crippen molar-refractivity contribution in [3.8, 4) is 0 Å². The van der Waals surface area contributed by atoms with Crippen molar-refractivity contribution in [1.29, 1.82) is 0 Å². The van der Waals surface area contributed by atoms with Crippen LogP contribution in [0.3, 0.4) is 0 Å². The van der Waals surface area contributed by atoms with Crippen LogP contribution in [0.25, 0.3) is 11.0 Å². The lowest BCUT2D eigenvalue weighted by atomic mass is 10.1. The summed E-state index contributed by atoms with van der Waals surface area (Å²) in [6, 6.07) is 10.8. The number of furan rings is 1. The van der Waals surface area contributed by atoms with Gasteiger partial charge in [0.1, 0.15) is 11.3 Å². The zero-order chi connectivity index (χ0) is 11.0. The van der Waals surface area contributed by atoms with Gasteiger partial charge in [0.25, 0.3) is 0 Å². The van der Waals surface area contributed by atoms with E-state index in [1.807, 2.05) is 12.1 Å². The zero-order valence-electron chi connectivity index (χ0n) is 9.57. The highest BCUT2D eigenvalue weighted by atomic mass is 16.3. The minimum absolute atomic E-state index is 0.414. The molecule has 1 fully saturated rings. The fraction of sp³-hybridized carbons (Fsp3) is 0.429. The lowest BCUT2D eigenvalue weighted by molar-refractivity contribution is 0.403. The van der Waals surface area contributed by atoms with Gasteiger partial charge in [-0.15, -0.1) is 0 Å². The van der Waals surface area contributed by atoms with Gasteiger partial charge in [-0.3, -0.25) is 0 Å². The molecule has 0 amide bonds. The number of nitrogens with one attached hydrogen (secondary N) is 1. The van der Waals surface area contributed by atoms with Gasteiger partial charge in [-0.25, -0.2) is 0 Å². The lowest BCUT2D eigenvalue weighted by Gasteiger charge is -2.13. The fourth-order valence-corrected chi connectivity index (χ4v) is 2.30. The molecule has 16 heavy (non-hydrogen) atoms. The Bertz CT molecular complexity index is 451. The molecule has 1 N–H and O–H groups in total. The monoisotopic (exact) mass is 215 g/mol. The van der Waals surface area contributed by atoms with Crippen LogP contribution >= 0.6 is 0 Å². The first-order chi connectivity index (χ1) is 7.88. The predicted octanol–water partition coefficient (Wildman–Crippen LogP) is 3.49. The third-order valence-electron chi connectivity index (χ3n) is 3.27. The van der Waals surface area contributed by atoms with E-state index in [0.717, 1.165) is 23.8 Å². The maximum Gasteiger partial charge on any atom is 0.134 e. The Kier molecular flexibility index (Phi) is 2.44. The second-order valence-corrected chi connectivity index (χ2v) is 4.56. The van der Waals surface area contributed by atoms with E-state index in [-0.39, 0.29) is 0 Å². The maximum absolute atomic E-state index is 5.92. The Hall–Kier alpha value is -1.28. The highest BCUT2D eigenvalue weighted by Crippen LogP contribution is 2.42. The summed E-state index contributed by atoms with van der Waals surface area (Å²) in [6.45, 7) is 3.15. The molecule has 1 heterocycles. The molecule has 1 atom stereocenters. The average molecular weight is 215 g/mol. The Labute approximate surface area is 95.6 Å². The highest BCUT2D eigenvalue weighted by Gasteiger charge is 2.33. The van der Waals surface area contributed by atoms with Crippen LogP contribution in [0, 0.1) is 5.92 Å². The molecule has 1 aromatic heterocycles. The fourth-order valence-electron chi connectivity index (χ4n) is 2.30. The summed E-state index contributed by atoms with van der Waals surface area (Å²) in [5.74, 6) is 1.88. The van der Waals surface area contributed by atoms with Crippen molar-refractivity contribution in [3.63, 3.8) is 0 Å². The van der Waals surface area contributed by atoms with Gasteiger partial charge in [0.05, 0.1) is 6.04 Å². The Morgan fingerprint density at radius 1 is 1.38 bits per heavy atom. The molecule has 0 spiro atoms. The zero-order valence-corrected chi connectivity index (χ0v) is 9.57. The van der Waals surface area contributed by atoms with Crippen molar-refractivity contribution in [2.75, 3.05) is 6.54 Å². The first-order valence-electron chi connectivity index (χ1n) is 6.10. The van der Waals surface area contributed by atoms with Gasteiger partial charge in [-0.2, -0.15) is 0 Å². The molecule has 0 saturated heterocycles. The van der Waals surface area contributed by atoms with E-state index in [1.165, 1.54) is 18.2 Å². The van der Waals surface area contributed by atoms with Gasteiger partial charge in [-0.05, 0) is 37.4 Å². The number of hydrogen-bond acceptors (Lipinski definition) is 2. The topological polar surface area (TPSA) is 25.2 Å². The normalized spacial score (nSPS) is 17.8. The molecule has 2 aromatic rings. The number of hydrogen-bond donors (Lipinski definition) is 1. The first-order valence-corrected chi connectivity index (χ1v) is 6.10. The van der Waals surface area contributed by atoms with E-state index < -0.39 is 0 Å². The first kappa shape index (κ1) is 9.91. The van der Waals surface area contributed by atoms with E-state index in [1.54, 1.807) is 0 Å². The van der Waals surface area contributed by atoms with Crippen LogP contribution in [0.2, 0.25) is 0 Å². The van der Waals surface area contributed by atoms with Gasteiger partial charge >= 0.3 is 0 Å². The van der Waals surface area contributed by atoms with Crippen molar-refractivity contribution >= 4 is 11.0 Å². The van der Waals surface area contributed by atoms with Gasteiger partial charge in [-0.1, -0.05) is 25.1 Å². The minimum atomic E-state index is 0.414. The second kappa shape index (κ2) is 3.95. The highest BCUT2D eigenvalue weighted by molar-refractivity contribution is 5.77. The van der Waals surface area contributed by atoms with Crippen molar-refractivity contribution in [2.45, 2.75) is 25.8 Å². The SMILES string of the molecule is CCNC(c1cc2ccccc2o1)C1CC1. The molecule has 1 unspecified atom stereocenters. The van der Waals surface area contributed by atoms with Crippen LogP contribution in [0.15, 0.2) is 34.7 Å². The van der Waals surface area contributed by atoms with Gasteiger partial charge in [0, 0.05) is 5.39 Å². The number of para-hydroxylation sites is 1. The number of fused-ring (bicyclic) bond motifs is 1. The molecule has 1 aliphatic carbocycles. The van der Waals surface area contributed by atoms with Crippen LogP contribution in [0.1, 0.15) is 31.6 Å². The summed E-state index contributed by atoms with van der Waals surface area (Å²) in [4.78, 5) is 0. The molecular weight excluding hydrogens is 198 g/mol. The Morgan fingerprint density at radius 3 is 2.88 bits per heavy atom. The molecule has 1 aromatic carbocycles. The summed E-state index contributed by atoms with van der Waals surface area (Å²) >= 11 is 0. The summed E-state index contributed by atoms with van der Waals surface area (Å²) < 4.78 is 5.92.